The van der Waals surface area contributed by atoms with Gasteiger partial charge in [-0.3, -0.25) is 4.79 Å². The summed E-state index contributed by atoms with van der Waals surface area (Å²) < 4.78 is 0. The van der Waals surface area contributed by atoms with E-state index < -0.39 is 0 Å². The van der Waals surface area contributed by atoms with Crippen molar-refractivity contribution in [3.63, 3.8) is 0 Å². The molecular weight excluding hydrogens is 284 g/mol. The van der Waals surface area contributed by atoms with Crippen LogP contribution in [0.1, 0.15) is 38.2 Å². The monoisotopic (exact) mass is 308 g/mol. The number of nitrogens with zero attached hydrogens (tertiary/aromatic N) is 1. The van der Waals surface area contributed by atoms with E-state index in [4.69, 9.17) is 11.6 Å². The number of amides is 1. The van der Waals surface area contributed by atoms with Gasteiger partial charge < -0.3 is 10.2 Å². The number of hydrogen-bond donors (Lipinski definition) is 1. The maximum Gasteiger partial charge on any atom is 0.223 e. The number of halogens is 1. The summed E-state index contributed by atoms with van der Waals surface area (Å²) in [5, 5.41) is 4.21. The van der Waals surface area contributed by atoms with Crippen molar-refractivity contribution in [3.8, 4) is 0 Å². The number of carbonyl (C=O) groups is 1. The summed E-state index contributed by atoms with van der Waals surface area (Å²) in [5.41, 5.74) is 1.27. The van der Waals surface area contributed by atoms with E-state index in [0.717, 1.165) is 43.9 Å². The van der Waals surface area contributed by atoms with Crippen molar-refractivity contribution >= 4 is 17.5 Å². The van der Waals surface area contributed by atoms with Crippen molar-refractivity contribution in [1.29, 1.82) is 0 Å². The van der Waals surface area contributed by atoms with Crippen LogP contribution in [0.4, 0.5) is 0 Å². The maximum atomic E-state index is 12.0. The van der Waals surface area contributed by atoms with Crippen LogP contribution in [0.3, 0.4) is 0 Å². The van der Waals surface area contributed by atoms with Crippen LogP contribution in [0.5, 0.6) is 0 Å². The number of carbonyl (C=O) groups excluding carboxylic acids is 1. The van der Waals surface area contributed by atoms with Gasteiger partial charge in [0.05, 0.1) is 0 Å². The Bertz CT molecular complexity index is 441. The van der Waals surface area contributed by atoms with E-state index in [1.54, 1.807) is 0 Å². The van der Waals surface area contributed by atoms with Gasteiger partial charge in [-0.05, 0) is 50.3 Å². The zero-order valence-electron chi connectivity index (χ0n) is 12.8. The molecule has 1 fully saturated rings. The first-order chi connectivity index (χ1) is 10.1. The molecule has 0 spiro atoms. The topological polar surface area (TPSA) is 32.3 Å². The van der Waals surface area contributed by atoms with Crippen LogP contribution in [0.25, 0.3) is 0 Å². The Morgan fingerprint density at radius 2 is 1.90 bits per heavy atom. The lowest BCUT2D eigenvalue weighted by atomic mass is 10.1. The van der Waals surface area contributed by atoms with Crippen molar-refractivity contribution in [2.45, 2.75) is 45.1 Å². The molecule has 0 radical (unpaired) electrons. The van der Waals surface area contributed by atoms with Crippen molar-refractivity contribution in [2.24, 2.45) is 0 Å². The normalized spacial score (nSPS) is 16.8. The molecule has 1 N–H and O–H groups in total. The van der Waals surface area contributed by atoms with Gasteiger partial charge in [0, 0.05) is 37.1 Å². The van der Waals surface area contributed by atoms with Gasteiger partial charge in [-0.15, -0.1) is 0 Å². The summed E-state index contributed by atoms with van der Waals surface area (Å²) in [4.78, 5) is 14.1. The average molecular weight is 309 g/mol. The molecule has 1 unspecified atom stereocenters. The highest BCUT2D eigenvalue weighted by molar-refractivity contribution is 6.30. The largest absolute Gasteiger partial charge is 0.343 e. The molecule has 116 valence electrons. The molecule has 1 aliphatic heterocycles. The van der Waals surface area contributed by atoms with E-state index in [-0.39, 0.29) is 0 Å². The van der Waals surface area contributed by atoms with E-state index >= 15 is 0 Å². The highest BCUT2D eigenvalue weighted by Crippen LogP contribution is 2.11. The first-order valence-electron chi connectivity index (χ1n) is 7.91. The van der Waals surface area contributed by atoms with Crippen LogP contribution in [0.2, 0.25) is 5.02 Å². The zero-order chi connectivity index (χ0) is 15.1. The summed E-state index contributed by atoms with van der Waals surface area (Å²) in [7, 11) is 0. The molecule has 21 heavy (non-hydrogen) atoms. The van der Waals surface area contributed by atoms with Crippen molar-refractivity contribution in [3.05, 3.63) is 34.9 Å². The number of likely N-dealkylation sites (tertiary alicyclic amines) is 1. The lowest BCUT2D eigenvalue weighted by molar-refractivity contribution is -0.131. The smallest absolute Gasteiger partial charge is 0.223 e. The van der Waals surface area contributed by atoms with Crippen LogP contribution < -0.4 is 5.32 Å². The summed E-state index contributed by atoms with van der Waals surface area (Å²) in [6.07, 6.45) is 5.14. The van der Waals surface area contributed by atoms with Crippen LogP contribution in [0, 0.1) is 0 Å². The van der Waals surface area contributed by atoms with Crippen LogP contribution in [-0.4, -0.2) is 36.5 Å². The minimum absolute atomic E-state index is 0.292. The minimum atomic E-state index is 0.292. The van der Waals surface area contributed by atoms with Crippen molar-refractivity contribution in [1.82, 2.24) is 10.2 Å². The fraction of sp³-hybridized carbons (Fsp3) is 0.588. The van der Waals surface area contributed by atoms with Gasteiger partial charge in [-0.2, -0.15) is 0 Å². The molecule has 0 aliphatic carbocycles. The predicted molar refractivity (Wildman–Crippen MR) is 87.7 cm³/mol. The van der Waals surface area contributed by atoms with Crippen LogP contribution in [-0.2, 0) is 11.2 Å². The van der Waals surface area contributed by atoms with Crippen molar-refractivity contribution in [2.75, 3.05) is 19.6 Å². The van der Waals surface area contributed by atoms with Crippen LogP contribution in [0.15, 0.2) is 24.3 Å². The fourth-order valence-corrected chi connectivity index (χ4v) is 2.90. The van der Waals surface area contributed by atoms with E-state index in [1.165, 1.54) is 12.0 Å². The third-order valence-electron chi connectivity index (χ3n) is 4.00. The third kappa shape index (κ3) is 5.68. The molecule has 0 bridgehead atoms. The number of nitrogens with one attached hydrogen (secondary N) is 1. The summed E-state index contributed by atoms with van der Waals surface area (Å²) in [6, 6.07) is 8.31. The Kier molecular flexibility index (Phi) is 6.52. The molecule has 1 amide bonds. The third-order valence-corrected chi connectivity index (χ3v) is 4.25. The Hall–Kier alpha value is -1.06. The van der Waals surface area contributed by atoms with Gasteiger partial charge in [0.25, 0.3) is 0 Å². The lowest BCUT2D eigenvalue weighted by Crippen LogP contribution is -2.38. The molecule has 1 aromatic carbocycles. The number of benzene rings is 1. The minimum Gasteiger partial charge on any atom is -0.343 e. The van der Waals surface area contributed by atoms with E-state index in [9.17, 15) is 4.79 Å². The molecule has 4 heteroatoms. The second kappa shape index (κ2) is 8.40. The van der Waals surface area contributed by atoms with Crippen molar-refractivity contribution < 1.29 is 4.79 Å². The SMILES string of the molecule is CC(Cc1ccc(Cl)cc1)NCCC(=O)N1CCCCC1. The standard InChI is InChI=1S/C17H25ClN2O/c1-14(13-15-5-7-16(18)8-6-15)19-10-9-17(21)20-11-3-2-4-12-20/h5-8,14,19H,2-4,9-13H2,1H3. The molecule has 0 aromatic heterocycles. The number of rotatable bonds is 6. The summed E-state index contributed by atoms with van der Waals surface area (Å²) in [6.45, 7) is 4.79. The Morgan fingerprint density at radius 1 is 1.24 bits per heavy atom. The van der Waals surface area contributed by atoms with E-state index in [2.05, 4.69) is 24.4 Å². The van der Waals surface area contributed by atoms with Crippen LogP contribution >= 0.6 is 11.6 Å². The number of piperidine rings is 1. The van der Waals surface area contributed by atoms with Gasteiger partial charge in [-0.25, -0.2) is 0 Å². The molecule has 1 saturated heterocycles. The van der Waals surface area contributed by atoms with Gasteiger partial charge in [0.2, 0.25) is 5.91 Å². The molecule has 1 atom stereocenters. The summed E-state index contributed by atoms with van der Waals surface area (Å²) in [5.74, 6) is 0.292. The second-order valence-electron chi connectivity index (χ2n) is 5.88. The first kappa shape index (κ1) is 16.3. The first-order valence-corrected chi connectivity index (χ1v) is 8.28. The molecule has 3 nitrogen and oxygen atoms in total. The molecule has 1 aliphatic rings. The van der Waals surface area contributed by atoms with E-state index in [1.807, 2.05) is 17.0 Å². The Balaban J connectivity index is 1.65. The van der Waals surface area contributed by atoms with Gasteiger partial charge in [0.15, 0.2) is 0 Å². The highest BCUT2D eigenvalue weighted by atomic mass is 35.5. The molecule has 1 aromatic rings. The Morgan fingerprint density at radius 3 is 2.57 bits per heavy atom. The average Bonchev–Trinajstić information content (AvgIpc) is 2.50. The Labute approximate surface area is 132 Å². The zero-order valence-corrected chi connectivity index (χ0v) is 13.5. The second-order valence-corrected chi connectivity index (χ2v) is 6.31. The predicted octanol–water partition coefficient (Wildman–Crippen LogP) is 3.26. The van der Waals surface area contributed by atoms with Gasteiger partial charge in [-0.1, -0.05) is 23.7 Å². The fourth-order valence-electron chi connectivity index (χ4n) is 2.77. The maximum absolute atomic E-state index is 12.0. The number of hydrogen-bond acceptors (Lipinski definition) is 2. The molecule has 2 rings (SSSR count). The van der Waals surface area contributed by atoms with Gasteiger partial charge >= 0.3 is 0 Å². The summed E-state index contributed by atoms with van der Waals surface area (Å²) >= 11 is 5.88. The van der Waals surface area contributed by atoms with Gasteiger partial charge in [0.1, 0.15) is 0 Å². The molecule has 1 heterocycles. The van der Waals surface area contributed by atoms with E-state index in [0.29, 0.717) is 18.4 Å². The highest BCUT2D eigenvalue weighted by Gasteiger charge is 2.15. The quantitative estimate of drug-likeness (QED) is 0.875. The molecule has 0 saturated carbocycles. The molecular formula is C17H25ClN2O. The lowest BCUT2D eigenvalue weighted by Gasteiger charge is -2.27.